The number of halogens is 1. The van der Waals surface area contributed by atoms with E-state index in [0.29, 0.717) is 6.54 Å². The summed E-state index contributed by atoms with van der Waals surface area (Å²) in [6, 6.07) is 4.34. The van der Waals surface area contributed by atoms with Crippen molar-refractivity contribution >= 4 is 27.3 Å². The van der Waals surface area contributed by atoms with Crippen molar-refractivity contribution in [3.63, 3.8) is 0 Å². The number of aliphatic hydroxyl groups is 1. The van der Waals surface area contributed by atoms with E-state index in [1.54, 1.807) is 29.1 Å². The van der Waals surface area contributed by atoms with Crippen LogP contribution in [0.1, 0.15) is 30.3 Å². The molecule has 2 aromatic heterocycles. The third kappa shape index (κ3) is 3.66. The molecule has 19 heavy (non-hydrogen) atoms. The minimum absolute atomic E-state index is 0.208. The van der Waals surface area contributed by atoms with Gasteiger partial charge in [0.1, 0.15) is 5.60 Å². The average Bonchev–Trinajstić information content (AvgIpc) is 2.95. The lowest BCUT2D eigenvalue weighted by atomic mass is 9.99. The number of hydrogen-bond donors (Lipinski definition) is 2. The van der Waals surface area contributed by atoms with Crippen LogP contribution >= 0.6 is 27.3 Å². The van der Waals surface area contributed by atoms with Crippen molar-refractivity contribution in [2.75, 3.05) is 6.54 Å². The largest absolute Gasteiger partial charge is 0.384 e. The molecule has 0 saturated carbocycles. The second kappa shape index (κ2) is 5.75. The van der Waals surface area contributed by atoms with Gasteiger partial charge in [0.2, 0.25) is 0 Å². The molecule has 2 atom stereocenters. The van der Waals surface area contributed by atoms with Crippen molar-refractivity contribution in [2.24, 2.45) is 7.05 Å². The van der Waals surface area contributed by atoms with Gasteiger partial charge in [0.05, 0.1) is 9.98 Å². The standard InChI is InChI=1S/C13H18BrN3OS/c1-9(11-4-5-12(14)19-11)15-8-13(2,18)10-6-16-17(3)7-10/h4-7,9,15,18H,8H2,1-3H3. The zero-order valence-electron chi connectivity index (χ0n) is 11.2. The molecule has 2 rings (SSSR count). The summed E-state index contributed by atoms with van der Waals surface area (Å²) in [4.78, 5) is 1.24. The molecule has 0 fully saturated rings. The van der Waals surface area contributed by atoms with Crippen LogP contribution < -0.4 is 5.32 Å². The van der Waals surface area contributed by atoms with E-state index in [-0.39, 0.29) is 6.04 Å². The van der Waals surface area contributed by atoms with Crippen LogP contribution in [0.5, 0.6) is 0 Å². The molecule has 0 aromatic carbocycles. The fourth-order valence-corrected chi connectivity index (χ4v) is 3.27. The molecule has 4 nitrogen and oxygen atoms in total. The van der Waals surface area contributed by atoms with Gasteiger partial charge >= 0.3 is 0 Å². The van der Waals surface area contributed by atoms with Crippen LogP contribution in [0.3, 0.4) is 0 Å². The van der Waals surface area contributed by atoms with E-state index in [2.05, 4.69) is 39.3 Å². The average molecular weight is 344 g/mol. The monoisotopic (exact) mass is 343 g/mol. The van der Waals surface area contributed by atoms with Crippen molar-refractivity contribution in [3.05, 3.63) is 38.8 Å². The fourth-order valence-electron chi connectivity index (χ4n) is 1.81. The molecule has 0 aliphatic rings. The van der Waals surface area contributed by atoms with Crippen molar-refractivity contribution in [3.8, 4) is 0 Å². The predicted octanol–water partition coefficient (Wildman–Crippen LogP) is 2.80. The van der Waals surface area contributed by atoms with Crippen molar-refractivity contribution < 1.29 is 5.11 Å². The molecule has 2 N–H and O–H groups in total. The van der Waals surface area contributed by atoms with Crippen LogP contribution in [0, 0.1) is 0 Å². The van der Waals surface area contributed by atoms with Gasteiger partial charge in [-0.1, -0.05) is 0 Å². The Morgan fingerprint density at radius 3 is 2.84 bits per heavy atom. The number of nitrogens with one attached hydrogen (secondary N) is 1. The minimum Gasteiger partial charge on any atom is -0.384 e. The molecule has 2 aromatic rings. The van der Waals surface area contributed by atoms with E-state index in [1.807, 2.05) is 19.3 Å². The maximum Gasteiger partial charge on any atom is 0.102 e. The van der Waals surface area contributed by atoms with Crippen molar-refractivity contribution in [1.29, 1.82) is 0 Å². The van der Waals surface area contributed by atoms with Crippen LogP contribution in [0.2, 0.25) is 0 Å². The Morgan fingerprint density at radius 2 is 2.32 bits per heavy atom. The molecule has 0 amide bonds. The molecular weight excluding hydrogens is 326 g/mol. The highest BCUT2D eigenvalue weighted by molar-refractivity contribution is 9.11. The van der Waals surface area contributed by atoms with E-state index >= 15 is 0 Å². The number of aromatic nitrogens is 2. The minimum atomic E-state index is -0.920. The number of rotatable bonds is 5. The van der Waals surface area contributed by atoms with Crippen LogP contribution in [0.15, 0.2) is 28.3 Å². The predicted molar refractivity (Wildman–Crippen MR) is 81.2 cm³/mol. The molecule has 0 spiro atoms. The molecule has 0 radical (unpaired) electrons. The molecule has 104 valence electrons. The Kier molecular flexibility index (Phi) is 4.45. The Morgan fingerprint density at radius 1 is 1.58 bits per heavy atom. The molecule has 0 aliphatic heterocycles. The topological polar surface area (TPSA) is 50.1 Å². The van der Waals surface area contributed by atoms with E-state index in [0.717, 1.165) is 9.35 Å². The number of nitrogens with zero attached hydrogens (tertiary/aromatic N) is 2. The lowest BCUT2D eigenvalue weighted by Gasteiger charge is -2.24. The maximum atomic E-state index is 10.5. The van der Waals surface area contributed by atoms with Crippen LogP contribution in [0.25, 0.3) is 0 Å². The lowest BCUT2D eigenvalue weighted by Crippen LogP contribution is -2.36. The highest BCUT2D eigenvalue weighted by atomic mass is 79.9. The van der Waals surface area contributed by atoms with Gasteiger partial charge in [-0.3, -0.25) is 4.68 Å². The fraction of sp³-hybridized carbons (Fsp3) is 0.462. The van der Waals surface area contributed by atoms with E-state index < -0.39 is 5.60 Å². The first-order chi connectivity index (χ1) is 8.88. The molecular formula is C13H18BrN3OS. The number of aryl methyl sites for hydroxylation is 1. The molecule has 0 saturated heterocycles. The van der Waals surface area contributed by atoms with E-state index in [4.69, 9.17) is 0 Å². The maximum absolute atomic E-state index is 10.5. The first-order valence-electron chi connectivity index (χ1n) is 6.08. The van der Waals surface area contributed by atoms with Crippen LogP contribution in [-0.4, -0.2) is 21.4 Å². The van der Waals surface area contributed by atoms with Gasteiger partial charge in [0.15, 0.2) is 0 Å². The normalized spacial score (nSPS) is 16.3. The highest BCUT2D eigenvalue weighted by Gasteiger charge is 2.25. The van der Waals surface area contributed by atoms with Gasteiger partial charge in [0.25, 0.3) is 0 Å². The summed E-state index contributed by atoms with van der Waals surface area (Å²) in [5, 5.41) is 17.9. The molecule has 0 aliphatic carbocycles. The smallest absolute Gasteiger partial charge is 0.102 e. The van der Waals surface area contributed by atoms with Gasteiger partial charge < -0.3 is 10.4 Å². The van der Waals surface area contributed by atoms with Gasteiger partial charge in [-0.2, -0.15) is 5.10 Å². The summed E-state index contributed by atoms with van der Waals surface area (Å²) in [5.74, 6) is 0. The molecule has 2 unspecified atom stereocenters. The van der Waals surface area contributed by atoms with Gasteiger partial charge in [0, 0.05) is 36.3 Å². The number of hydrogen-bond acceptors (Lipinski definition) is 4. The summed E-state index contributed by atoms with van der Waals surface area (Å²) in [6.45, 7) is 4.38. The van der Waals surface area contributed by atoms with Crippen molar-refractivity contribution in [1.82, 2.24) is 15.1 Å². The summed E-state index contributed by atoms with van der Waals surface area (Å²) < 4.78 is 2.82. The van der Waals surface area contributed by atoms with E-state index in [1.165, 1.54) is 4.88 Å². The third-order valence-electron chi connectivity index (χ3n) is 3.10. The summed E-state index contributed by atoms with van der Waals surface area (Å²) >= 11 is 5.16. The summed E-state index contributed by atoms with van der Waals surface area (Å²) in [5.41, 5.74) is -0.0983. The Bertz CT molecular complexity index is 550. The van der Waals surface area contributed by atoms with E-state index in [9.17, 15) is 5.11 Å². The lowest BCUT2D eigenvalue weighted by molar-refractivity contribution is 0.0544. The van der Waals surface area contributed by atoms with Crippen LogP contribution in [-0.2, 0) is 12.6 Å². The summed E-state index contributed by atoms with van der Waals surface area (Å²) in [7, 11) is 1.85. The van der Waals surface area contributed by atoms with Gasteiger partial charge in [-0.15, -0.1) is 11.3 Å². The second-order valence-electron chi connectivity index (χ2n) is 4.92. The highest BCUT2D eigenvalue weighted by Crippen LogP contribution is 2.28. The van der Waals surface area contributed by atoms with Crippen LogP contribution in [0.4, 0.5) is 0 Å². The quantitative estimate of drug-likeness (QED) is 0.877. The first-order valence-corrected chi connectivity index (χ1v) is 7.69. The van der Waals surface area contributed by atoms with Gasteiger partial charge in [-0.05, 0) is 41.9 Å². The Balaban J connectivity index is 1.97. The van der Waals surface area contributed by atoms with Crippen molar-refractivity contribution in [2.45, 2.75) is 25.5 Å². The zero-order valence-corrected chi connectivity index (χ0v) is 13.6. The Hall–Kier alpha value is -0.690. The molecule has 2 heterocycles. The third-order valence-corrected chi connectivity index (χ3v) is 4.91. The Labute approximate surface area is 125 Å². The zero-order chi connectivity index (χ0) is 14.0. The number of thiophene rings is 1. The first kappa shape index (κ1) is 14.7. The molecule has 0 bridgehead atoms. The van der Waals surface area contributed by atoms with Gasteiger partial charge in [-0.25, -0.2) is 0 Å². The second-order valence-corrected chi connectivity index (χ2v) is 7.42. The molecule has 6 heteroatoms. The SMILES string of the molecule is CC(NCC(C)(O)c1cnn(C)c1)c1ccc(Br)s1. The summed E-state index contributed by atoms with van der Waals surface area (Å²) in [6.07, 6.45) is 3.54.